The lowest BCUT2D eigenvalue weighted by atomic mass is 10.1. The molecule has 0 spiro atoms. The van der Waals surface area contributed by atoms with Gasteiger partial charge in [-0.05, 0) is 42.0 Å². The molecule has 0 bridgehead atoms. The second-order valence-electron chi connectivity index (χ2n) is 6.02. The number of fused-ring (bicyclic) bond motifs is 1. The third-order valence-corrected chi connectivity index (χ3v) is 4.36. The van der Waals surface area contributed by atoms with Crippen LogP contribution in [-0.4, -0.2) is 21.0 Å². The van der Waals surface area contributed by atoms with Gasteiger partial charge in [0.2, 0.25) is 6.86 Å². The molecule has 0 radical (unpaired) electrons. The lowest BCUT2D eigenvalue weighted by Crippen LogP contribution is -2.20. The maximum absolute atomic E-state index is 13.3. The molecule has 4 rings (SSSR count). The zero-order valence-electron chi connectivity index (χ0n) is 14.4. The van der Waals surface area contributed by atoms with E-state index in [-0.39, 0.29) is 11.4 Å². The highest BCUT2D eigenvalue weighted by Crippen LogP contribution is 2.27. The van der Waals surface area contributed by atoms with Crippen LogP contribution in [0.15, 0.2) is 65.8 Å². The number of hydrogen-bond acceptors (Lipinski definition) is 3. The van der Waals surface area contributed by atoms with E-state index in [1.54, 1.807) is 60.5 Å². The van der Waals surface area contributed by atoms with E-state index in [9.17, 15) is 13.6 Å². The first kappa shape index (κ1) is 17.0. The molecule has 136 valence electrons. The lowest BCUT2D eigenvalue weighted by molar-refractivity contribution is 0.192. The van der Waals surface area contributed by atoms with Crippen molar-refractivity contribution in [2.75, 3.05) is 6.86 Å². The van der Waals surface area contributed by atoms with E-state index >= 15 is 0 Å². The van der Waals surface area contributed by atoms with Gasteiger partial charge in [0.1, 0.15) is 22.6 Å². The van der Waals surface area contributed by atoms with Crippen LogP contribution in [0.5, 0.6) is 5.75 Å². The van der Waals surface area contributed by atoms with Crippen molar-refractivity contribution in [3.63, 3.8) is 0 Å². The average Bonchev–Trinajstić information content (AvgIpc) is 3.06. The largest absolute Gasteiger partial charge is 0.463 e. The number of halogens is 2. The van der Waals surface area contributed by atoms with Crippen molar-refractivity contribution in [3.05, 3.63) is 77.2 Å². The van der Waals surface area contributed by atoms with Crippen LogP contribution in [0.3, 0.4) is 0 Å². The van der Waals surface area contributed by atoms with Crippen LogP contribution in [0.2, 0.25) is 0 Å². The zero-order valence-corrected chi connectivity index (χ0v) is 14.4. The van der Waals surface area contributed by atoms with E-state index in [1.807, 2.05) is 0 Å². The Balaban J connectivity index is 1.95. The van der Waals surface area contributed by atoms with Gasteiger partial charge in [-0.25, -0.2) is 13.8 Å². The number of pyridine rings is 1. The fourth-order valence-corrected chi connectivity index (χ4v) is 3.04. The highest BCUT2D eigenvalue weighted by Gasteiger charge is 2.15. The third kappa shape index (κ3) is 2.97. The van der Waals surface area contributed by atoms with Crippen LogP contribution >= 0.6 is 0 Å². The van der Waals surface area contributed by atoms with E-state index in [1.165, 1.54) is 16.7 Å². The summed E-state index contributed by atoms with van der Waals surface area (Å²) in [7, 11) is 1.74. The molecule has 0 aliphatic carbocycles. The summed E-state index contributed by atoms with van der Waals surface area (Å²) in [6, 6.07) is 12.5. The van der Waals surface area contributed by atoms with Gasteiger partial charge in [-0.3, -0.25) is 9.36 Å². The Morgan fingerprint density at radius 2 is 1.78 bits per heavy atom. The van der Waals surface area contributed by atoms with Gasteiger partial charge in [0.15, 0.2) is 0 Å². The minimum atomic E-state index is -0.922. The van der Waals surface area contributed by atoms with Crippen molar-refractivity contribution < 1.29 is 13.5 Å². The second-order valence-corrected chi connectivity index (χ2v) is 6.02. The second kappa shape index (κ2) is 6.68. The standard InChI is InChI=1S/C20H15F2N3O2/c1-24-12-23-18-17(13-2-4-14(22)5-3-13)10-25(20(26)19(18)24)15-6-8-16(9-7-15)27-11-21/h2-10,12H,11H2,1H3. The molecule has 2 aromatic carbocycles. The number of nitrogens with zero attached hydrogens (tertiary/aromatic N) is 3. The minimum absolute atomic E-state index is 0.241. The fraction of sp³-hybridized carbons (Fsp3) is 0.100. The van der Waals surface area contributed by atoms with Crippen molar-refractivity contribution in [3.8, 4) is 22.6 Å². The van der Waals surface area contributed by atoms with E-state index in [4.69, 9.17) is 4.74 Å². The maximum atomic E-state index is 13.3. The Bertz CT molecular complexity index is 1160. The summed E-state index contributed by atoms with van der Waals surface area (Å²) in [6.45, 7) is -0.922. The smallest absolute Gasteiger partial charge is 0.281 e. The first-order chi connectivity index (χ1) is 13.1. The van der Waals surface area contributed by atoms with Crippen LogP contribution in [0.25, 0.3) is 27.8 Å². The molecule has 0 atom stereocenters. The SMILES string of the molecule is Cn1cnc2c(-c3ccc(F)cc3)cn(-c3ccc(OCF)cc3)c(=O)c21. The summed E-state index contributed by atoms with van der Waals surface area (Å²) in [5, 5.41) is 0. The predicted octanol–water partition coefficient (Wildman–Crippen LogP) is 3.84. The van der Waals surface area contributed by atoms with Gasteiger partial charge in [0.25, 0.3) is 5.56 Å². The number of imidazole rings is 1. The van der Waals surface area contributed by atoms with Gasteiger partial charge in [-0.1, -0.05) is 12.1 Å². The van der Waals surface area contributed by atoms with Gasteiger partial charge in [0.05, 0.1) is 6.33 Å². The van der Waals surface area contributed by atoms with E-state index in [2.05, 4.69) is 4.98 Å². The van der Waals surface area contributed by atoms with Gasteiger partial charge in [0, 0.05) is 24.5 Å². The highest BCUT2D eigenvalue weighted by atomic mass is 19.1. The summed E-state index contributed by atoms with van der Waals surface area (Å²) in [5.41, 5.74) is 2.77. The van der Waals surface area contributed by atoms with E-state index in [0.717, 1.165) is 5.56 Å². The van der Waals surface area contributed by atoms with Crippen molar-refractivity contribution in [1.29, 1.82) is 0 Å². The maximum Gasteiger partial charge on any atom is 0.281 e. The number of rotatable bonds is 4. The summed E-state index contributed by atoms with van der Waals surface area (Å²) in [5.74, 6) is 0.0301. The molecule has 0 aliphatic rings. The number of hydrogen-bond donors (Lipinski definition) is 0. The summed E-state index contributed by atoms with van der Waals surface area (Å²) in [6.07, 6.45) is 3.25. The zero-order chi connectivity index (χ0) is 19.0. The third-order valence-electron chi connectivity index (χ3n) is 4.36. The molecule has 27 heavy (non-hydrogen) atoms. The van der Waals surface area contributed by atoms with Crippen LogP contribution in [0.1, 0.15) is 0 Å². The molecule has 0 unspecified atom stereocenters. The first-order valence-corrected chi connectivity index (χ1v) is 8.20. The Hall–Kier alpha value is -3.48. The lowest BCUT2D eigenvalue weighted by Gasteiger charge is -2.11. The molecule has 0 saturated heterocycles. The average molecular weight is 367 g/mol. The molecule has 0 amide bonds. The first-order valence-electron chi connectivity index (χ1n) is 8.20. The van der Waals surface area contributed by atoms with Crippen molar-refractivity contribution >= 4 is 11.0 Å². The Labute approximate surface area is 153 Å². The molecule has 4 aromatic rings. The Morgan fingerprint density at radius 3 is 2.44 bits per heavy atom. The molecule has 0 saturated carbocycles. The van der Waals surface area contributed by atoms with Gasteiger partial charge in [-0.2, -0.15) is 0 Å². The van der Waals surface area contributed by atoms with Crippen LogP contribution in [-0.2, 0) is 7.05 Å². The Morgan fingerprint density at radius 1 is 1.07 bits per heavy atom. The monoisotopic (exact) mass is 367 g/mol. The Kier molecular flexibility index (Phi) is 4.19. The number of benzene rings is 2. The quantitative estimate of drug-likeness (QED) is 0.551. The topological polar surface area (TPSA) is 49.0 Å². The highest BCUT2D eigenvalue weighted by molar-refractivity contribution is 5.91. The summed E-state index contributed by atoms with van der Waals surface area (Å²) in [4.78, 5) is 17.4. The van der Waals surface area contributed by atoms with Gasteiger partial charge in [-0.15, -0.1) is 0 Å². The number of aryl methyl sites for hydroxylation is 1. The van der Waals surface area contributed by atoms with E-state index < -0.39 is 6.86 Å². The van der Waals surface area contributed by atoms with Crippen molar-refractivity contribution in [2.24, 2.45) is 7.05 Å². The summed E-state index contributed by atoms with van der Waals surface area (Å²) < 4.78 is 33.6. The van der Waals surface area contributed by atoms with Crippen LogP contribution in [0.4, 0.5) is 8.78 Å². The normalized spacial score (nSPS) is 11.1. The predicted molar refractivity (Wildman–Crippen MR) is 98.3 cm³/mol. The molecular formula is C20H15F2N3O2. The minimum Gasteiger partial charge on any atom is -0.463 e. The fourth-order valence-electron chi connectivity index (χ4n) is 3.04. The van der Waals surface area contributed by atoms with Crippen molar-refractivity contribution in [1.82, 2.24) is 14.1 Å². The van der Waals surface area contributed by atoms with Crippen LogP contribution in [0, 0.1) is 5.82 Å². The molecule has 2 heterocycles. The number of ether oxygens (including phenoxy) is 1. The van der Waals surface area contributed by atoms with E-state index in [0.29, 0.717) is 28.0 Å². The molecule has 0 N–H and O–H groups in total. The molecule has 0 fully saturated rings. The summed E-state index contributed by atoms with van der Waals surface area (Å²) >= 11 is 0. The van der Waals surface area contributed by atoms with Crippen LogP contribution < -0.4 is 10.3 Å². The van der Waals surface area contributed by atoms with Gasteiger partial charge >= 0.3 is 0 Å². The molecular weight excluding hydrogens is 352 g/mol. The molecule has 7 heteroatoms. The molecule has 0 aliphatic heterocycles. The number of alkyl halides is 1. The molecule has 5 nitrogen and oxygen atoms in total. The molecule has 2 aromatic heterocycles. The van der Waals surface area contributed by atoms with Gasteiger partial charge < -0.3 is 9.30 Å². The number of aromatic nitrogens is 3. The van der Waals surface area contributed by atoms with Crippen molar-refractivity contribution in [2.45, 2.75) is 0 Å².